The first-order chi connectivity index (χ1) is 7.68. The highest BCUT2D eigenvalue weighted by molar-refractivity contribution is 6.68. The van der Waals surface area contributed by atoms with Crippen molar-refractivity contribution in [1.29, 1.82) is 0 Å². The minimum atomic E-state index is -0.523. The van der Waals surface area contributed by atoms with Crippen molar-refractivity contribution in [3.8, 4) is 0 Å². The number of aromatic nitrogens is 1. The van der Waals surface area contributed by atoms with Gasteiger partial charge in [0.1, 0.15) is 5.56 Å². The van der Waals surface area contributed by atoms with Crippen LogP contribution in [0.2, 0.25) is 0 Å². The van der Waals surface area contributed by atoms with Crippen molar-refractivity contribution in [2.24, 2.45) is 0 Å². The van der Waals surface area contributed by atoms with Gasteiger partial charge in [-0.1, -0.05) is 35.5 Å². The van der Waals surface area contributed by atoms with Gasteiger partial charge in [0.15, 0.2) is 5.76 Å². The first kappa shape index (κ1) is 10.9. The van der Waals surface area contributed by atoms with Crippen molar-refractivity contribution < 1.29 is 9.32 Å². The molecule has 2 aromatic rings. The normalized spacial score (nSPS) is 10.4. The first-order valence-corrected chi connectivity index (χ1v) is 5.25. The van der Waals surface area contributed by atoms with Crippen LogP contribution in [0.4, 0.5) is 0 Å². The van der Waals surface area contributed by atoms with Crippen LogP contribution < -0.4 is 0 Å². The molecular weight excluding hydrogens is 226 g/mol. The molecule has 0 N–H and O–H groups in total. The van der Waals surface area contributed by atoms with Crippen LogP contribution >= 0.6 is 11.6 Å². The molecule has 0 fully saturated rings. The van der Waals surface area contributed by atoms with E-state index in [1.165, 1.54) is 0 Å². The van der Waals surface area contributed by atoms with E-state index < -0.39 is 5.24 Å². The quantitative estimate of drug-likeness (QED) is 0.769. The summed E-state index contributed by atoms with van der Waals surface area (Å²) in [5.74, 6) is 0.517. The molecule has 2 rings (SSSR count). The van der Waals surface area contributed by atoms with Crippen LogP contribution in [0.1, 0.15) is 27.4 Å². The average molecular weight is 236 g/mol. The van der Waals surface area contributed by atoms with Gasteiger partial charge in [-0.2, -0.15) is 0 Å². The van der Waals surface area contributed by atoms with Crippen LogP contribution in [-0.4, -0.2) is 10.4 Å². The van der Waals surface area contributed by atoms with Crippen LogP contribution in [0.5, 0.6) is 0 Å². The molecule has 0 saturated heterocycles. The molecule has 0 unspecified atom stereocenters. The highest BCUT2D eigenvalue weighted by Crippen LogP contribution is 2.19. The van der Waals surface area contributed by atoms with E-state index in [9.17, 15) is 4.79 Å². The number of halogens is 1. The second-order valence-corrected chi connectivity index (χ2v) is 3.85. The number of hydrogen-bond donors (Lipinski definition) is 0. The fourth-order valence-electron chi connectivity index (χ4n) is 1.57. The number of nitrogens with zero attached hydrogens (tertiary/aromatic N) is 1. The lowest BCUT2D eigenvalue weighted by Gasteiger charge is -1.98. The molecule has 4 heteroatoms. The van der Waals surface area contributed by atoms with Crippen molar-refractivity contribution in [2.75, 3.05) is 0 Å². The largest absolute Gasteiger partial charge is 0.360 e. The second kappa shape index (κ2) is 4.49. The maximum atomic E-state index is 11.2. The van der Waals surface area contributed by atoms with Gasteiger partial charge in [0.25, 0.3) is 5.24 Å². The molecule has 16 heavy (non-hydrogen) atoms. The fraction of sp³-hybridized carbons (Fsp3) is 0.167. The van der Waals surface area contributed by atoms with E-state index in [0.29, 0.717) is 23.4 Å². The Hall–Kier alpha value is -1.61. The Balaban J connectivity index is 2.32. The zero-order chi connectivity index (χ0) is 11.5. The molecular formula is C12H10ClNO2. The predicted molar refractivity (Wildman–Crippen MR) is 60.7 cm³/mol. The van der Waals surface area contributed by atoms with Gasteiger partial charge in [0, 0.05) is 6.42 Å². The molecule has 1 aromatic carbocycles. The molecule has 0 saturated carbocycles. The van der Waals surface area contributed by atoms with Gasteiger partial charge in [-0.15, -0.1) is 0 Å². The number of carbonyl (C=O) groups is 1. The number of hydrogen-bond acceptors (Lipinski definition) is 3. The maximum Gasteiger partial charge on any atom is 0.257 e. The summed E-state index contributed by atoms with van der Waals surface area (Å²) < 4.78 is 5.11. The van der Waals surface area contributed by atoms with E-state index in [-0.39, 0.29) is 0 Å². The maximum absolute atomic E-state index is 11.2. The van der Waals surface area contributed by atoms with Gasteiger partial charge in [-0.25, -0.2) is 0 Å². The van der Waals surface area contributed by atoms with E-state index in [0.717, 1.165) is 5.56 Å². The van der Waals surface area contributed by atoms with Crippen LogP contribution in [0.3, 0.4) is 0 Å². The summed E-state index contributed by atoms with van der Waals surface area (Å²) in [4.78, 5) is 11.2. The van der Waals surface area contributed by atoms with E-state index in [4.69, 9.17) is 16.1 Å². The fourth-order valence-corrected chi connectivity index (χ4v) is 1.81. The van der Waals surface area contributed by atoms with Gasteiger partial charge in [0.2, 0.25) is 0 Å². The van der Waals surface area contributed by atoms with Gasteiger partial charge in [-0.3, -0.25) is 4.79 Å². The molecule has 0 amide bonds. The zero-order valence-corrected chi connectivity index (χ0v) is 9.49. The molecule has 1 heterocycles. The van der Waals surface area contributed by atoms with E-state index in [2.05, 4.69) is 5.16 Å². The first-order valence-electron chi connectivity index (χ1n) is 4.87. The van der Waals surface area contributed by atoms with Crippen molar-refractivity contribution in [2.45, 2.75) is 13.3 Å². The molecule has 3 nitrogen and oxygen atoms in total. The Morgan fingerprint density at radius 1 is 1.38 bits per heavy atom. The van der Waals surface area contributed by atoms with E-state index in [1.807, 2.05) is 30.3 Å². The Kier molecular flexibility index (Phi) is 3.06. The van der Waals surface area contributed by atoms with Crippen molar-refractivity contribution in [3.63, 3.8) is 0 Å². The van der Waals surface area contributed by atoms with Crippen LogP contribution in [-0.2, 0) is 6.42 Å². The lowest BCUT2D eigenvalue weighted by molar-refractivity contribution is 0.107. The second-order valence-electron chi connectivity index (χ2n) is 3.50. The summed E-state index contributed by atoms with van der Waals surface area (Å²) >= 11 is 5.48. The lowest BCUT2D eigenvalue weighted by Crippen LogP contribution is -1.96. The lowest BCUT2D eigenvalue weighted by atomic mass is 10.1. The molecule has 82 valence electrons. The third kappa shape index (κ3) is 2.14. The van der Waals surface area contributed by atoms with Crippen molar-refractivity contribution in [3.05, 3.63) is 52.9 Å². The Morgan fingerprint density at radius 2 is 2.06 bits per heavy atom. The van der Waals surface area contributed by atoms with Crippen LogP contribution in [0, 0.1) is 6.92 Å². The Labute approximate surface area is 98.0 Å². The topological polar surface area (TPSA) is 43.1 Å². The summed E-state index contributed by atoms with van der Waals surface area (Å²) in [6.45, 7) is 1.70. The number of aryl methyl sites for hydroxylation is 1. The SMILES string of the molecule is Cc1noc(Cc2ccccc2)c1C(=O)Cl. The molecule has 0 spiro atoms. The molecule has 1 aromatic heterocycles. The van der Waals surface area contributed by atoms with Crippen molar-refractivity contribution >= 4 is 16.8 Å². The Morgan fingerprint density at radius 3 is 2.69 bits per heavy atom. The predicted octanol–water partition coefficient (Wildman–Crippen LogP) is 2.95. The van der Waals surface area contributed by atoms with Crippen molar-refractivity contribution in [1.82, 2.24) is 5.16 Å². The summed E-state index contributed by atoms with van der Waals surface area (Å²) in [6, 6.07) is 9.71. The van der Waals surface area contributed by atoms with Crippen LogP contribution in [0.15, 0.2) is 34.9 Å². The highest BCUT2D eigenvalue weighted by atomic mass is 35.5. The average Bonchev–Trinajstić information content (AvgIpc) is 2.61. The molecule has 0 aliphatic rings. The van der Waals surface area contributed by atoms with Gasteiger partial charge in [0.05, 0.1) is 5.69 Å². The summed E-state index contributed by atoms with van der Waals surface area (Å²) in [7, 11) is 0. The van der Waals surface area contributed by atoms with E-state index in [1.54, 1.807) is 6.92 Å². The van der Waals surface area contributed by atoms with Gasteiger partial charge < -0.3 is 4.52 Å². The third-order valence-electron chi connectivity index (χ3n) is 2.34. The standard InChI is InChI=1S/C12H10ClNO2/c1-8-11(12(13)15)10(16-14-8)7-9-5-3-2-4-6-9/h2-6H,7H2,1H3. The molecule has 0 radical (unpaired) electrons. The minimum Gasteiger partial charge on any atom is -0.360 e. The smallest absolute Gasteiger partial charge is 0.257 e. The monoisotopic (exact) mass is 235 g/mol. The van der Waals surface area contributed by atoms with Gasteiger partial charge >= 0.3 is 0 Å². The van der Waals surface area contributed by atoms with E-state index >= 15 is 0 Å². The Bertz CT molecular complexity index is 505. The summed E-state index contributed by atoms with van der Waals surface area (Å²) in [5, 5.41) is 3.23. The molecule has 0 bridgehead atoms. The third-order valence-corrected chi connectivity index (χ3v) is 2.53. The zero-order valence-electron chi connectivity index (χ0n) is 8.74. The van der Waals surface area contributed by atoms with Crippen LogP contribution in [0.25, 0.3) is 0 Å². The number of benzene rings is 1. The minimum absolute atomic E-state index is 0.380. The number of rotatable bonds is 3. The molecule has 0 atom stereocenters. The summed E-state index contributed by atoms with van der Waals surface area (Å²) in [5.41, 5.74) is 1.97. The van der Waals surface area contributed by atoms with Gasteiger partial charge in [-0.05, 0) is 24.1 Å². The highest BCUT2D eigenvalue weighted by Gasteiger charge is 2.18. The molecule has 0 aliphatic heterocycles. The summed E-state index contributed by atoms with van der Waals surface area (Å²) in [6.07, 6.45) is 0.523. The molecule has 0 aliphatic carbocycles. The number of carbonyl (C=O) groups excluding carboxylic acids is 1.